The molecule has 2 rings (SSSR count). The first kappa shape index (κ1) is 19.4. The lowest BCUT2D eigenvalue weighted by Crippen LogP contribution is -2.37. The molecule has 0 saturated carbocycles. The van der Waals surface area contributed by atoms with Crippen molar-refractivity contribution in [3.05, 3.63) is 42.5 Å². The largest absolute Gasteiger partial charge is 0.299 e. The number of thioether (sulfide) groups is 1. The predicted molar refractivity (Wildman–Crippen MR) is 103 cm³/mol. The Morgan fingerprint density at radius 3 is 2.76 bits per heavy atom. The fourth-order valence-electron chi connectivity index (χ4n) is 1.96. The standard InChI is InChI=1S/C15H18N4O3S3/c1-4-9-23-15-18-17-14(24-15)16-13(20)10-19(25(3,21)22)12-8-6-5-7-11(12)2/h4-8H,1,9-10H2,2-3H3,(H,16,17,20). The van der Waals surface area contributed by atoms with Crippen LogP contribution in [0.25, 0.3) is 0 Å². The van der Waals surface area contributed by atoms with Gasteiger partial charge in [0.1, 0.15) is 6.54 Å². The van der Waals surface area contributed by atoms with E-state index in [0.717, 1.165) is 16.1 Å². The maximum Gasteiger partial charge on any atom is 0.246 e. The molecule has 1 heterocycles. The molecule has 0 bridgehead atoms. The number of anilines is 2. The van der Waals surface area contributed by atoms with Crippen LogP contribution in [0.5, 0.6) is 0 Å². The summed E-state index contributed by atoms with van der Waals surface area (Å²) in [6.45, 7) is 5.08. The quantitative estimate of drug-likeness (QED) is 0.417. The van der Waals surface area contributed by atoms with Crippen molar-refractivity contribution >= 4 is 49.8 Å². The first-order valence-corrected chi connectivity index (χ1v) is 10.9. The second kappa shape index (κ2) is 8.45. The molecule has 25 heavy (non-hydrogen) atoms. The zero-order chi connectivity index (χ0) is 18.4. The summed E-state index contributed by atoms with van der Waals surface area (Å²) in [5, 5.41) is 10.7. The van der Waals surface area contributed by atoms with Gasteiger partial charge in [-0.1, -0.05) is 47.4 Å². The highest BCUT2D eigenvalue weighted by Gasteiger charge is 2.22. The maximum atomic E-state index is 12.3. The summed E-state index contributed by atoms with van der Waals surface area (Å²) < 4.78 is 26.0. The van der Waals surface area contributed by atoms with Gasteiger partial charge in [-0.25, -0.2) is 8.42 Å². The van der Waals surface area contributed by atoms with Crippen LogP contribution in [0.2, 0.25) is 0 Å². The molecule has 1 aromatic heterocycles. The van der Waals surface area contributed by atoms with Crippen molar-refractivity contribution in [2.75, 3.05) is 28.2 Å². The molecule has 1 aromatic carbocycles. The van der Waals surface area contributed by atoms with Crippen LogP contribution in [0, 0.1) is 6.92 Å². The Labute approximate surface area is 155 Å². The maximum absolute atomic E-state index is 12.3. The number of carbonyl (C=O) groups is 1. The zero-order valence-corrected chi connectivity index (χ0v) is 16.2. The van der Waals surface area contributed by atoms with Gasteiger partial charge in [-0.2, -0.15) is 0 Å². The van der Waals surface area contributed by atoms with Gasteiger partial charge in [0.05, 0.1) is 11.9 Å². The SMILES string of the molecule is C=CCSc1nnc(NC(=O)CN(c2ccccc2C)S(C)(=O)=O)s1. The van der Waals surface area contributed by atoms with E-state index in [9.17, 15) is 13.2 Å². The van der Waals surface area contributed by atoms with Gasteiger partial charge >= 0.3 is 0 Å². The summed E-state index contributed by atoms with van der Waals surface area (Å²) in [5.74, 6) is 0.211. The Bertz CT molecular complexity index is 864. The molecule has 0 aliphatic rings. The van der Waals surface area contributed by atoms with Crippen molar-refractivity contribution in [3.8, 4) is 0 Å². The average molecular weight is 399 g/mol. The van der Waals surface area contributed by atoms with E-state index in [1.807, 2.05) is 6.07 Å². The number of nitrogens with zero attached hydrogens (tertiary/aromatic N) is 3. The highest BCUT2D eigenvalue weighted by atomic mass is 32.2. The van der Waals surface area contributed by atoms with E-state index in [1.165, 1.54) is 23.1 Å². The Morgan fingerprint density at radius 1 is 1.40 bits per heavy atom. The molecule has 0 saturated heterocycles. The van der Waals surface area contributed by atoms with Crippen LogP contribution >= 0.6 is 23.1 Å². The Morgan fingerprint density at radius 2 is 2.12 bits per heavy atom. The van der Waals surface area contributed by atoms with Gasteiger partial charge in [-0.05, 0) is 18.6 Å². The van der Waals surface area contributed by atoms with E-state index in [0.29, 0.717) is 20.9 Å². The van der Waals surface area contributed by atoms with Crippen LogP contribution in [-0.2, 0) is 14.8 Å². The number of carbonyl (C=O) groups excluding carboxylic acids is 1. The molecular weight excluding hydrogens is 380 g/mol. The van der Waals surface area contributed by atoms with Gasteiger partial charge < -0.3 is 0 Å². The van der Waals surface area contributed by atoms with Crippen LogP contribution in [-0.4, -0.2) is 43.1 Å². The lowest BCUT2D eigenvalue weighted by molar-refractivity contribution is -0.114. The minimum absolute atomic E-state index is 0.329. The van der Waals surface area contributed by atoms with Crippen molar-refractivity contribution in [1.82, 2.24) is 10.2 Å². The van der Waals surface area contributed by atoms with E-state index in [2.05, 4.69) is 22.1 Å². The highest BCUT2D eigenvalue weighted by molar-refractivity contribution is 8.01. The van der Waals surface area contributed by atoms with Crippen LogP contribution < -0.4 is 9.62 Å². The molecule has 0 aliphatic heterocycles. The number of amides is 1. The summed E-state index contributed by atoms with van der Waals surface area (Å²) in [6, 6.07) is 6.99. The minimum atomic E-state index is -3.61. The van der Waals surface area contributed by atoms with E-state index in [-0.39, 0.29) is 6.54 Å². The van der Waals surface area contributed by atoms with E-state index < -0.39 is 15.9 Å². The third-order valence-corrected chi connectivity index (χ3v) is 6.14. The highest BCUT2D eigenvalue weighted by Crippen LogP contribution is 2.26. The lowest BCUT2D eigenvalue weighted by Gasteiger charge is -2.23. The number of hydrogen-bond donors (Lipinski definition) is 1. The van der Waals surface area contributed by atoms with Crippen LogP contribution in [0.3, 0.4) is 0 Å². The molecule has 2 aromatic rings. The van der Waals surface area contributed by atoms with Crippen molar-refractivity contribution in [2.45, 2.75) is 11.3 Å². The molecule has 7 nitrogen and oxygen atoms in total. The van der Waals surface area contributed by atoms with Gasteiger partial charge in [-0.15, -0.1) is 16.8 Å². The van der Waals surface area contributed by atoms with Crippen molar-refractivity contribution in [3.63, 3.8) is 0 Å². The van der Waals surface area contributed by atoms with Gasteiger partial charge in [0.2, 0.25) is 21.1 Å². The Balaban J connectivity index is 2.11. The molecule has 0 radical (unpaired) electrons. The van der Waals surface area contributed by atoms with Gasteiger partial charge in [0, 0.05) is 5.75 Å². The zero-order valence-electron chi connectivity index (χ0n) is 13.8. The topological polar surface area (TPSA) is 92.3 Å². The third-order valence-electron chi connectivity index (χ3n) is 3.05. The number of aryl methyl sites for hydroxylation is 1. The fraction of sp³-hybridized carbons (Fsp3) is 0.267. The molecule has 1 N–H and O–H groups in total. The fourth-order valence-corrected chi connectivity index (χ4v) is 4.41. The van der Waals surface area contributed by atoms with Crippen LogP contribution in [0.15, 0.2) is 41.3 Å². The van der Waals surface area contributed by atoms with E-state index in [1.54, 1.807) is 31.2 Å². The summed E-state index contributed by atoms with van der Waals surface area (Å²) in [7, 11) is -3.61. The van der Waals surface area contributed by atoms with Gasteiger partial charge in [0.15, 0.2) is 4.34 Å². The van der Waals surface area contributed by atoms with Gasteiger partial charge in [0.25, 0.3) is 0 Å². The Hall–Kier alpha value is -1.91. The smallest absolute Gasteiger partial charge is 0.246 e. The molecule has 0 fully saturated rings. The second-order valence-electron chi connectivity index (χ2n) is 5.08. The van der Waals surface area contributed by atoms with E-state index >= 15 is 0 Å². The predicted octanol–water partition coefficient (Wildman–Crippen LogP) is 2.53. The van der Waals surface area contributed by atoms with Crippen LogP contribution in [0.4, 0.5) is 10.8 Å². The second-order valence-corrected chi connectivity index (χ2v) is 9.23. The molecule has 10 heteroatoms. The summed E-state index contributed by atoms with van der Waals surface area (Å²) in [5.41, 5.74) is 1.24. The molecule has 0 unspecified atom stereocenters. The number of benzene rings is 1. The lowest BCUT2D eigenvalue weighted by atomic mass is 10.2. The first-order valence-electron chi connectivity index (χ1n) is 7.21. The van der Waals surface area contributed by atoms with Gasteiger partial charge in [-0.3, -0.25) is 14.4 Å². The molecule has 0 spiro atoms. The Kier molecular flexibility index (Phi) is 6.57. The average Bonchev–Trinajstić information content (AvgIpc) is 2.98. The summed E-state index contributed by atoms with van der Waals surface area (Å²) >= 11 is 2.68. The van der Waals surface area contributed by atoms with Crippen molar-refractivity contribution in [1.29, 1.82) is 0 Å². The number of nitrogens with one attached hydrogen (secondary N) is 1. The number of hydrogen-bond acceptors (Lipinski definition) is 7. The number of sulfonamides is 1. The monoisotopic (exact) mass is 398 g/mol. The molecule has 1 amide bonds. The third kappa shape index (κ3) is 5.55. The number of para-hydroxylation sites is 1. The molecular formula is C15H18N4O3S3. The molecule has 134 valence electrons. The van der Waals surface area contributed by atoms with Crippen LogP contribution in [0.1, 0.15) is 5.56 Å². The first-order chi connectivity index (χ1) is 11.8. The summed E-state index contributed by atoms with van der Waals surface area (Å²) in [4.78, 5) is 12.3. The summed E-state index contributed by atoms with van der Waals surface area (Å²) in [6.07, 6.45) is 2.82. The molecule has 0 atom stereocenters. The number of aromatic nitrogens is 2. The van der Waals surface area contributed by atoms with Crippen molar-refractivity contribution < 1.29 is 13.2 Å². The van der Waals surface area contributed by atoms with E-state index in [4.69, 9.17) is 0 Å². The normalized spacial score (nSPS) is 11.1. The number of rotatable bonds is 8. The molecule has 0 aliphatic carbocycles. The minimum Gasteiger partial charge on any atom is -0.299 e. The van der Waals surface area contributed by atoms with Crippen molar-refractivity contribution in [2.24, 2.45) is 0 Å².